The number of nitrogens with zero attached hydrogens (tertiary/aromatic N) is 1. The van der Waals surface area contributed by atoms with Gasteiger partial charge < -0.3 is 5.11 Å². The van der Waals surface area contributed by atoms with Crippen LogP contribution in [0.5, 0.6) is 0 Å². The number of hydrogen-bond donors (Lipinski definition) is 1. The van der Waals surface area contributed by atoms with Crippen LogP contribution < -0.4 is 0 Å². The Morgan fingerprint density at radius 2 is 2.05 bits per heavy atom. The lowest BCUT2D eigenvalue weighted by atomic mass is 9.82. The third-order valence-electron chi connectivity index (χ3n) is 3.50. The molecule has 0 saturated heterocycles. The van der Waals surface area contributed by atoms with Gasteiger partial charge in [0, 0.05) is 13.6 Å². The smallest absolute Gasteiger partial charge is 0.244 e. The van der Waals surface area contributed by atoms with Gasteiger partial charge in [-0.1, -0.05) is 17.7 Å². The third-order valence-corrected chi connectivity index (χ3v) is 5.81. The molecule has 0 radical (unpaired) electrons. The van der Waals surface area contributed by atoms with E-state index >= 15 is 0 Å². The predicted molar refractivity (Wildman–Crippen MR) is 74.7 cm³/mol. The number of benzene rings is 1. The van der Waals surface area contributed by atoms with Crippen molar-refractivity contribution in [1.82, 2.24) is 4.31 Å². The van der Waals surface area contributed by atoms with Crippen molar-refractivity contribution in [3.05, 3.63) is 28.8 Å². The zero-order chi connectivity index (χ0) is 14.2. The number of halogens is 1. The normalized spacial score (nSPS) is 23.4. The Balaban J connectivity index is 2.16. The van der Waals surface area contributed by atoms with Crippen molar-refractivity contribution in [2.45, 2.75) is 30.8 Å². The lowest BCUT2D eigenvalue weighted by Gasteiger charge is -2.34. The van der Waals surface area contributed by atoms with Crippen LogP contribution in [0.3, 0.4) is 0 Å². The molecule has 2 rings (SSSR count). The van der Waals surface area contributed by atoms with Crippen LogP contribution in [-0.2, 0) is 10.0 Å². The van der Waals surface area contributed by atoms with Crippen molar-refractivity contribution in [3.8, 4) is 0 Å². The lowest BCUT2D eigenvalue weighted by molar-refractivity contribution is 0.0367. The van der Waals surface area contributed by atoms with Gasteiger partial charge in [0.2, 0.25) is 10.0 Å². The van der Waals surface area contributed by atoms with E-state index in [1.807, 2.05) is 6.92 Å². The van der Waals surface area contributed by atoms with Gasteiger partial charge in [0.25, 0.3) is 0 Å². The Hall–Kier alpha value is -0.620. The van der Waals surface area contributed by atoms with E-state index < -0.39 is 10.0 Å². The standard InChI is InChI=1S/C13H18ClNO3S/c1-9-3-4-13(12(14)5-9)19(17,18)15(2)8-10-6-11(16)7-10/h3-5,10-11,16H,6-8H2,1-2H3. The summed E-state index contributed by atoms with van der Waals surface area (Å²) in [6.07, 6.45) is 1.06. The molecule has 106 valence electrons. The van der Waals surface area contributed by atoms with E-state index in [2.05, 4.69) is 0 Å². The lowest BCUT2D eigenvalue weighted by Crippen LogP contribution is -2.39. The van der Waals surface area contributed by atoms with Crippen molar-refractivity contribution >= 4 is 21.6 Å². The highest BCUT2D eigenvalue weighted by Crippen LogP contribution is 2.30. The molecule has 1 N–H and O–H groups in total. The Bertz CT molecular complexity index is 567. The topological polar surface area (TPSA) is 57.6 Å². The van der Waals surface area contributed by atoms with E-state index in [0.29, 0.717) is 19.4 Å². The van der Waals surface area contributed by atoms with Crippen LogP contribution in [-0.4, -0.2) is 37.5 Å². The molecule has 1 aromatic carbocycles. The molecule has 0 bridgehead atoms. The maximum absolute atomic E-state index is 12.4. The van der Waals surface area contributed by atoms with Crippen molar-refractivity contribution in [2.24, 2.45) is 5.92 Å². The van der Waals surface area contributed by atoms with E-state index in [1.165, 1.54) is 4.31 Å². The fourth-order valence-electron chi connectivity index (χ4n) is 2.29. The maximum Gasteiger partial charge on any atom is 0.244 e. The highest BCUT2D eigenvalue weighted by Gasteiger charge is 2.32. The fourth-order valence-corrected chi connectivity index (χ4v) is 4.11. The quantitative estimate of drug-likeness (QED) is 0.926. The molecule has 4 nitrogen and oxygen atoms in total. The van der Waals surface area contributed by atoms with Crippen LogP contribution in [0, 0.1) is 12.8 Å². The van der Waals surface area contributed by atoms with Gasteiger partial charge in [0.1, 0.15) is 4.90 Å². The minimum Gasteiger partial charge on any atom is -0.393 e. The maximum atomic E-state index is 12.4. The van der Waals surface area contributed by atoms with E-state index in [0.717, 1.165) is 5.56 Å². The van der Waals surface area contributed by atoms with Gasteiger partial charge in [-0.15, -0.1) is 0 Å². The summed E-state index contributed by atoms with van der Waals surface area (Å²) in [6.45, 7) is 2.28. The first-order valence-corrected chi connectivity index (χ1v) is 8.03. The van der Waals surface area contributed by atoms with Crippen molar-refractivity contribution < 1.29 is 13.5 Å². The molecule has 1 fully saturated rings. The van der Waals surface area contributed by atoms with Crippen LogP contribution in [0.25, 0.3) is 0 Å². The highest BCUT2D eigenvalue weighted by molar-refractivity contribution is 7.89. The molecule has 0 amide bonds. The van der Waals surface area contributed by atoms with Crippen LogP contribution in [0.15, 0.2) is 23.1 Å². The van der Waals surface area contributed by atoms with Crippen molar-refractivity contribution in [2.75, 3.05) is 13.6 Å². The van der Waals surface area contributed by atoms with Gasteiger partial charge in [0.05, 0.1) is 11.1 Å². The Kier molecular flexibility index (Phi) is 4.20. The Morgan fingerprint density at radius 3 is 2.58 bits per heavy atom. The second-order valence-corrected chi connectivity index (χ2v) is 7.63. The summed E-state index contributed by atoms with van der Waals surface area (Å²) in [4.78, 5) is 0.141. The minimum atomic E-state index is -3.56. The van der Waals surface area contributed by atoms with Gasteiger partial charge in [-0.2, -0.15) is 0 Å². The molecule has 19 heavy (non-hydrogen) atoms. The first-order chi connectivity index (χ1) is 8.80. The molecule has 0 unspecified atom stereocenters. The van der Waals surface area contributed by atoms with E-state index in [1.54, 1.807) is 25.2 Å². The summed E-state index contributed by atoms with van der Waals surface area (Å²) in [6, 6.07) is 4.92. The van der Waals surface area contributed by atoms with Crippen LogP contribution in [0.2, 0.25) is 5.02 Å². The van der Waals surface area contributed by atoms with Crippen molar-refractivity contribution in [3.63, 3.8) is 0 Å². The summed E-state index contributed by atoms with van der Waals surface area (Å²) >= 11 is 6.02. The summed E-state index contributed by atoms with van der Waals surface area (Å²) in [5.41, 5.74) is 0.925. The Labute approximate surface area is 119 Å². The molecule has 1 aromatic rings. The van der Waals surface area contributed by atoms with Gasteiger partial charge in [-0.25, -0.2) is 12.7 Å². The van der Waals surface area contributed by atoms with Gasteiger partial charge in [-0.05, 0) is 43.4 Å². The van der Waals surface area contributed by atoms with E-state index in [-0.39, 0.29) is 21.9 Å². The fraction of sp³-hybridized carbons (Fsp3) is 0.538. The molecular formula is C13H18ClNO3S. The average molecular weight is 304 g/mol. The molecule has 6 heteroatoms. The van der Waals surface area contributed by atoms with E-state index in [9.17, 15) is 13.5 Å². The largest absolute Gasteiger partial charge is 0.393 e. The second kappa shape index (κ2) is 5.40. The highest BCUT2D eigenvalue weighted by atomic mass is 35.5. The zero-order valence-corrected chi connectivity index (χ0v) is 12.6. The van der Waals surface area contributed by atoms with E-state index in [4.69, 9.17) is 11.6 Å². The molecule has 0 spiro atoms. The number of aliphatic hydroxyl groups excluding tert-OH is 1. The summed E-state index contributed by atoms with van der Waals surface area (Å²) in [5, 5.41) is 9.49. The first kappa shape index (κ1) is 14.8. The number of sulfonamides is 1. The molecule has 0 aliphatic heterocycles. The van der Waals surface area contributed by atoms with Crippen LogP contribution in [0.4, 0.5) is 0 Å². The number of hydrogen-bond acceptors (Lipinski definition) is 3. The van der Waals surface area contributed by atoms with Gasteiger partial charge in [-0.3, -0.25) is 0 Å². The van der Waals surface area contributed by atoms with Crippen LogP contribution >= 0.6 is 11.6 Å². The monoisotopic (exact) mass is 303 g/mol. The zero-order valence-electron chi connectivity index (χ0n) is 11.0. The first-order valence-electron chi connectivity index (χ1n) is 6.21. The molecule has 1 saturated carbocycles. The average Bonchev–Trinajstić information content (AvgIpc) is 2.26. The SMILES string of the molecule is Cc1ccc(S(=O)(=O)N(C)CC2CC(O)C2)c(Cl)c1. The van der Waals surface area contributed by atoms with Crippen LogP contribution in [0.1, 0.15) is 18.4 Å². The van der Waals surface area contributed by atoms with Gasteiger partial charge in [0.15, 0.2) is 0 Å². The summed E-state index contributed by atoms with van der Waals surface area (Å²) in [7, 11) is -2.00. The summed E-state index contributed by atoms with van der Waals surface area (Å²) < 4.78 is 26.1. The minimum absolute atomic E-state index is 0.141. The molecule has 0 atom stereocenters. The molecule has 0 aromatic heterocycles. The van der Waals surface area contributed by atoms with Crippen molar-refractivity contribution in [1.29, 1.82) is 0 Å². The Morgan fingerprint density at radius 1 is 1.42 bits per heavy atom. The molecule has 0 heterocycles. The summed E-state index contributed by atoms with van der Waals surface area (Å²) in [5.74, 6) is 0.235. The number of aliphatic hydroxyl groups is 1. The molecule has 1 aliphatic carbocycles. The predicted octanol–water partition coefficient (Wildman–Crippen LogP) is 2.04. The second-order valence-electron chi connectivity index (χ2n) is 5.21. The molecule has 1 aliphatic rings. The third kappa shape index (κ3) is 3.11. The molecular weight excluding hydrogens is 286 g/mol. The van der Waals surface area contributed by atoms with Gasteiger partial charge >= 0.3 is 0 Å². The number of aryl methyl sites for hydroxylation is 1. The number of rotatable bonds is 4.